The maximum absolute atomic E-state index is 10.8. The first-order valence-corrected chi connectivity index (χ1v) is 4.82. The Bertz CT molecular complexity index is 217. The number of rotatable bonds is 2. The van der Waals surface area contributed by atoms with Crippen molar-refractivity contribution in [1.82, 2.24) is 16.0 Å². The zero-order chi connectivity index (χ0) is 9.84. The molecule has 5 heteroatoms. The largest absolute Gasteiger partial charge is 0.361 e. The number of nitrogens with one attached hydrogen (secondary N) is 3. The van der Waals surface area contributed by atoms with Crippen LogP contribution in [-0.4, -0.2) is 29.6 Å². The predicted molar refractivity (Wildman–Crippen MR) is 55.4 cm³/mol. The third-order valence-corrected chi connectivity index (χ3v) is 1.97. The van der Waals surface area contributed by atoms with E-state index in [1.807, 2.05) is 13.8 Å². The highest BCUT2D eigenvalue weighted by atomic mass is 32.1. The van der Waals surface area contributed by atoms with Crippen molar-refractivity contribution in [2.24, 2.45) is 0 Å². The van der Waals surface area contributed by atoms with Gasteiger partial charge in [-0.2, -0.15) is 0 Å². The van der Waals surface area contributed by atoms with Gasteiger partial charge >= 0.3 is 0 Å². The van der Waals surface area contributed by atoms with Crippen LogP contribution in [0.3, 0.4) is 0 Å². The van der Waals surface area contributed by atoms with Gasteiger partial charge < -0.3 is 16.0 Å². The van der Waals surface area contributed by atoms with Crippen LogP contribution in [-0.2, 0) is 4.79 Å². The van der Waals surface area contributed by atoms with E-state index in [2.05, 4.69) is 16.0 Å². The van der Waals surface area contributed by atoms with E-state index in [0.717, 1.165) is 0 Å². The minimum atomic E-state index is 0.0878. The first-order valence-electron chi connectivity index (χ1n) is 4.41. The Balaban J connectivity index is 2.24. The second-order valence-electron chi connectivity index (χ2n) is 3.48. The fourth-order valence-electron chi connectivity index (χ4n) is 1.20. The molecule has 4 nitrogen and oxygen atoms in total. The Morgan fingerprint density at radius 1 is 1.69 bits per heavy atom. The Morgan fingerprint density at radius 3 is 2.85 bits per heavy atom. The lowest BCUT2D eigenvalue weighted by molar-refractivity contribution is -0.119. The lowest BCUT2D eigenvalue weighted by Crippen LogP contribution is -2.45. The fourth-order valence-corrected chi connectivity index (χ4v) is 1.60. The summed E-state index contributed by atoms with van der Waals surface area (Å²) in [6, 6.07) is 0.469. The highest BCUT2D eigenvalue weighted by Crippen LogP contribution is 1.98. The predicted octanol–water partition coefficient (Wildman–Crippen LogP) is -0.253. The maximum Gasteiger partial charge on any atom is 0.222 e. The number of amides is 1. The molecule has 1 amide bonds. The molecule has 1 aliphatic heterocycles. The van der Waals surface area contributed by atoms with Crippen molar-refractivity contribution in [3.05, 3.63) is 0 Å². The van der Waals surface area contributed by atoms with Gasteiger partial charge in [0.15, 0.2) is 5.11 Å². The van der Waals surface area contributed by atoms with Crippen LogP contribution in [0, 0.1) is 0 Å². The van der Waals surface area contributed by atoms with Crippen molar-refractivity contribution >= 4 is 23.2 Å². The summed E-state index contributed by atoms with van der Waals surface area (Å²) >= 11 is 5.04. The van der Waals surface area contributed by atoms with Crippen LogP contribution in [0.5, 0.6) is 0 Å². The van der Waals surface area contributed by atoms with Gasteiger partial charge in [0.05, 0.1) is 6.04 Å². The summed E-state index contributed by atoms with van der Waals surface area (Å²) in [4.78, 5) is 10.8. The molecule has 13 heavy (non-hydrogen) atoms. The maximum atomic E-state index is 10.8. The third kappa shape index (κ3) is 3.59. The van der Waals surface area contributed by atoms with E-state index in [1.165, 1.54) is 0 Å². The zero-order valence-corrected chi connectivity index (χ0v) is 8.70. The molecule has 3 N–H and O–H groups in total. The lowest BCUT2D eigenvalue weighted by Gasteiger charge is -2.16. The standard InChI is InChI=1S/C8H15N3OS/c1-5(2)10-8(13)11-6-3-7(12)9-4-6/h5-6H,3-4H2,1-2H3,(H,9,12)(H2,10,11,13). The van der Waals surface area contributed by atoms with Crippen LogP contribution in [0.4, 0.5) is 0 Å². The molecule has 0 aliphatic carbocycles. The number of hydrogen-bond acceptors (Lipinski definition) is 2. The Hall–Kier alpha value is -0.840. The second kappa shape index (κ2) is 4.41. The van der Waals surface area contributed by atoms with Gasteiger partial charge in [-0.1, -0.05) is 0 Å². The molecule has 74 valence electrons. The average Bonchev–Trinajstić information content (AvgIpc) is 2.33. The number of carbonyl (C=O) groups excluding carboxylic acids is 1. The monoisotopic (exact) mass is 201 g/mol. The minimum absolute atomic E-state index is 0.0878. The molecule has 0 spiro atoms. The molecule has 1 aliphatic rings. The Morgan fingerprint density at radius 2 is 2.38 bits per heavy atom. The molecule has 0 saturated carbocycles. The molecule has 0 aromatic carbocycles. The second-order valence-corrected chi connectivity index (χ2v) is 3.89. The SMILES string of the molecule is CC(C)NC(=S)NC1CNC(=O)C1. The minimum Gasteiger partial charge on any atom is -0.361 e. The number of carbonyl (C=O) groups is 1. The van der Waals surface area contributed by atoms with Crippen molar-refractivity contribution in [1.29, 1.82) is 0 Å². The van der Waals surface area contributed by atoms with Gasteiger partial charge in [-0.25, -0.2) is 0 Å². The molecule has 1 saturated heterocycles. The van der Waals surface area contributed by atoms with Crippen molar-refractivity contribution in [3.8, 4) is 0 Å². The van der Waals surface area contributed by atoms with Gasteiger partial charge in [0.1, 0.15) is 0 Å². The lowest BCUT2D eigenvalue weighted by atomic mass is 10.2. The average molecular weight is 201 g/mol. The molecular weight excluding hydrogens is 186 g/mol. The zero-order valence-electron chi connectivity index (χ0n) is 7.89. The number of thiocarbonyl (C=S) groups is 1. The molecule has 1 heterocycles. The van der Waals surface area contributed by atoms with Crippen LogP contribution >= 0.6 is 12.2 Å². The fraction of sp³-hybridized carbons (Fsp3) is 0.750. The molecule has 1 fully saturated rings. The summed E-state index contributed by atoms with van der Waals surface area (Å²) in [5.74, 6) is 0.0878. The van der Waals surface area contributed by atoms with Gasteiger partial charge in [-0.3, -0.25) is 4.79 Å². The topological polar surface area (TPSA) is 53.2 Å². The third-order valence-electron chi connectivity index (χ3n) is 1.73. The van der Waals surface area contributed by atoms with Crippen molar-refractivity contribution < 1.29 is 4.79 Å². The summed E-state index contributed by atoms with van der Waals surface area (Å²) in [6.45, 7) is 4.71. The van der Waals surface area contributed by atoms with Gasteiger partial charge in [-0.15, -0.1) is 0 Å². The van der Waals surface area contributed by atoms with E-state index in [4.69, 9.17) is 12.2 Å². The van der Waals surface area contributed by atoms with Gasteiger partial charge in [0, 0.05) is 19.0 Å². The summed E-state index contributed by atoms with van der Waals surface area (Å²) in [7, 11) is 0. The Kier molecular flexibility index (Phi) is 3.48. The van der Waals surface area contributed by atoms with Crippen molar-refractivity contribution in [2.45, 2.75) is 32.4 Å². The Labute approximate surface area is 83.5 Å². The van der Waals surface area contributed by atoms with E-state index in [0.29, 0.717) is 24.1 Å². The highest BCUT2D eigenvalue weighted by Gasteiger charge is 2.21. The molecule has 0 bridgehead atoms. The summed E-state index contributed by atoms with van der Waals surface area (Å²) in [5.41, 5.74) is 0. The highest BCUT2D eigenvalue weighted by molar-refractivity contribution is 7.80. The molecular formula is C8H15N3OS. The van der Waals surface area contributed by atoms with E-state index < -0.39 is 0 Å². The smallest absolute Gasteiger partial charge is 0.222 e. The summed E-state index contributed by atoms with van der Waals surface area (Å²) in [6.07, 6.45) is 0.514. The molecule has 0 aromatic heterocycles. The first kappa shape index (κ1) is 10.2. The van der Waals surface area contributed by atoms with Crippen molar-refractivity contribution in [2.75, 3.05) is 6.54 Å². The van der Waals surface area contributed by atoms with Gasteiger partial charge in [0.2, 0.25) is 5.91 Å². The van der Waals surface area contributed by atoms with Crippen LogP contribution in [0.2, 0.25) is 0 Å². The molecule has 0 radical (unpaired) electrons. The van der Waals surface area contributed by atoms with Gasteiger partial charge in [0.25, 0.3) is 0 Å². The van der Waals surface area contributed by atoms with E-state index in [-0.39, 0.29) is 11.9 Å². The van der Waals surface area contributed by atoms with Gasteiger partial charge in [-0.05, 0) is 26.1 Å². The van der Waals surface area contributed by atoms with E-state index >= 15 is 0 Å². The molecule has 1 rings (SSSR count). The normalized spacial score (nSPS) is 21.5. The quantitative estimate of drug-likeness (QED) is 0.539. The van der Waals surface area contributed by atoms with E-state index in [9.17, 15) is 4.79 Å². The van der Waals surface area contributed by atoms with Crippen LogP contribution in [0.25, 0.3) is 0 Å². The van der Waals surface area contributed by atoms with Crippen molar-refractivity contribution in [3.63, 3.8) is 0 Å². The summed E-state index contributed by atoms with van der Waals surface area (Å²) in [5, 5.41) is 9.50. The first-order chi connectivity index (χ1) is 6.08. The van der Waals surface area contributed by atoms with Crippen LogP contribution in [0.1, 0.15) is 20.3 Å². The molecule has 0 aromatic rings. The molecule has 1 unspecified atom stereocenters. The number of hydrogen-bond donors (Lipinski definition) is 3. The summed E-state index contributed by atoms with van der Waals surface area (Å²) < 4.78 is 0. The van der Waals surface area contributed by atoms with Crippen LogP contribution in [0.15, 0.2) is 0 Å². The van der Waals surface area contributed by atoms with Crippen LogP contribution < -0.4 is 16.0 Å². The van der Waals surface area contributed by atoms with E-state index in [1.54, 1.807) is 0 Å². The molecule has 1 atom stereocenters.